The molecule has 5 heteroatoms. The average Bonchev–Trinajstić information content (AvgIpc) is 2.73. The van der Waals surface area contributed by atoms with Gasteiger partial charge < -0.3 is 5.11 Å². The van der Waals surface area contributed by atoms with Gasteiger partial charge in [-0.3, -0.25) is 9.13 Å². The smallest absolute Gasteiger partial charge is 0.331 e. The van der Waals surface area contributed by atoms with Crippen molar-refractivity contribution in [1.29, 1.82) is 0 Å². The van der Waals surface area contributed by atoms with E-state index in [0.29, 0.717) is 18.5 Å². The van der Waals surface area contributed by atoms with E-state index in [0.717, 1.165) is 17.5 Å². The van der Waals surface area contributed by atoms with Crippen molar-refractivity contribution < 1.29 is 9.90 Å². The largest absolute Gasteiger partial charge is 0.478 e. The summed E-state index contributed by atoms with van der Waals surface area (Å²) < 4.78 is 3.37. The van der Waals surface area contributed by atoms with E-state index in [2.05, 4.69) is 0 Å². The van der Waals surface area contributed by atoms with Gasteiger partial charge >= 0.3 is 11.7 Å². The molecule has 0 unspecified atom stereocenters. The number of benzene rings is 1. The van der Waals surface area contributed by atoms with Crippen LogP contribution in [-0.4, -0.2) is 20.2 Å². The lowest BCUT2D eigenvalue weighted by Gasteiger charge is -2.01. The number of aromatic nitrogens is 2. The van der Waals surface area contributed by atoms with Crippen molar-refractivity contribution in [2.24, 2.45) is 0 Å². The van der Waals surface area contributed by atoms with Crippen LogP contribution >= 0.6 is 0 Å². The molecule has 2 rings (SSSR count). The third kappa shape index (κ3) is 2.91. The lowest BCUT2D eigenvalue weighted by molar-refractivity contribution is -0.132. The summed E-state index contributed by atoms with van der Waals surface area (Å²) in [6, 6.07) is 7.60. The summed E-state index contributed by atoms with van der Waals surface area (Å²) in [7, 11) is 0. The summed E-state index contributed by atoms with van der Waals surface area (Å²) in [5.74, 6) is -0.928. The third-order valence-corrected chi connectivity index (χ3v) is 3.55. The number of hydrogen-bond donors (Lipinski definition) is 1. The molecule has 0 amide bonds. The average molecular weight is 288 g/mol. The van der Waals surface area contributed by atoms with Crippen molar-refractivity contribution >= 4 is 17.0 Å². The zero-order chi connectivity index (χ0) is 15.4. The van der Waals surface area contributed by atoms with E-state index in [1.54, 1.807) is 22.1 Å². The Morgan fingerprint density at radius 1 is 1.19 bits per heavy atom. The highest BCUT2D eigenvalue weighted by atomic mass is 16.4. The van der Waals surface area contributed by atoms with E-state index < -0.39 is 5.97 Å². The number of carbonyl (C=O) groups is 1. The van der Waals surface area contributed by atoms with Gasteiger partial charge in [0.1, 0.15) is 0 Å². The highest BCUT2D eigenvalue weighted by molar-refractivity contribution is 5.86. The first-order valence-electron chi connectivity index (χ1n) is 7.20. The zero-order valence-corrected chi connectivity index (χ0v) is 12.4. The van der Waals surface area contributed by atoms with Gasteiger partial charge in [0.2, 0.25) is 0 Å². The Kier molecular flexibility index (Phi) is 4.62. The van der Waals surface area contributed by atoms with Crippen molar-refractivity contribution in [3.63, 3.8) is 0 Å². The van der Waals surface area contributed by atoms with Crippen LogP contribution in [0.4, 0.5) is 0 Å². The van der Waals surface area contributed by atoms with Crippen molar-refractivity contribution in [2.75, 3.05) is 0 Å². The number of nitrogens with zero attached hydrogens (tertiary/aromatic N) is 2. The minimum atomic E-state index is -0.928. The van der Waals surface area contributed by atoms with Gasteiger partial charge in [-0.25, -0.2) is 9.59 Å². The van der Waals surface area contributed by atoms with Crippen molar-refractivity contribution in [1.82, 2.24) is 9.13 Å². The van der Waals surface area contributed by atoms with Gasteiger partial charge in [-0.05, 0) is 25.0 Å². The molecular formula is C16H20N2O3. The predicted molar refractivity (Wildman–Crippen MR) is 82.5 cm³/mol. The van der Waals surface area contributed by atoms with Crippen LogP contribution in [0.1, 0.15) is 26.7 Å². The number of carboxylic acid groups (broad SMARTS) is 1. The quantitative estimate of drug-likeness (QED) is 0.831. The summed E-state index contributed by atoms with van der Waals surface area (Å²) >= 11 is 0. The number of para-hydroxylation sites is 2. The zero-order valence-electron chi connectivity index (χ0n) is 12.4. The van der Waals surface area contributed by atoms with Gasteiger partial charge in [-0.1, -0.05) is 32.1 Å². The molecule has 1 aromatic heterocycles. The van der Waals surface area contributed by atoms with E-state index in [-0.39, 0.29) is 12.2 Å². The molecule has 0 aliphatic rings. The Hall–Kier alpha value is -2.30. The molecule has 0 spiro atoms. The first-order chi connectivity index (χ1) is 10.1. The normalized spacial score (nSPS) is 12.0. The van der Waals surface area contributed by atoms with E-state index >= 15 is 0 Å². The van der Waals surface area contributed by atoms with Crippen LogP contribution in [0.5, 0.6) is 0 Å². The van der Waals surface area contributed by atoms with Gasteiger partial charge in [0.25, 0.3) is 0 Å². The second-order valence-corrected chi connectivity index (χ2v) is 4.92. The second kappa shape index (κ2) is 6.43. The van der Waals surface area contributed by atoms with Crippen LogP contribution in [0.15, 0.2) is 40.7 Å². The number of imidazole rings is 1. The number of fused-ring (bicyclic) bond motifs is 1. The van der Waals surface area contributed by atoms with Gasteiger partial charge in [-0.2, -0.15) is 0 Å². The topological polar surface area (TPSA) is 64.2 Å². The highest BCUT2D eigenvalue weighted by Gasteiger charge is 2.12. The van der Waals surface area contributed by atoms with Crippen molar-refractivity contribution in [3.05, 3.63) is 46.4 Å². The Balaban J connectivity index is 2.52. The molecule has 1 aromatic carbocycles. The number of aliphatic carboxylic acids is 1. The molecule has 0 aliphatic heterocycles. The Bertz CT molecular complexity index is 738. The lowest BCUT2D eigenvalue weighted by atomic mass is 10.2. The minimum absolute atomic E-state index is 0.0878. The number of allylic oxidation sites excluding steroid dienone is 1. The summed E-state index contributed by atoms with van der Waals surface area (Å²) in [4.78, 5) is 23.5. The van der Waals surface area contributed by atoms with Gasteiger partial charge in [0.15, 0.2) is 0 Å². The molecule has 0 bridgehead atoms. The molecule has 0 radical (unpaired) electrons. The standard InChI is InChI=1S/C16H20N2O3/c1-3-10-17-13-7-5-6-8-14(13)18(16(17)21)11-9-12(4-2)15(19)20/h5-9H,3-4,10-11H2,1-2H3,(H,19,20). The fourth-order valence-electron chi connectivity index (χ4n) is 2.47. The molecule has 0 saturated heterocycles. The fourth-order valence-corrected chi connectivity index (χ4v) is 2.47. The van der Waals surface area contributed by atoms with Gasteiger partial charge in [0.05, 0.1) is 11.0 Å². The summed E-state index contributed by atoms with van der Waals surface area (Å²) in [6.45, 7) is 4.77. The molecule has 21 heavy (non-hydrogen) atoms. The van der Waals surface area contributed by atoms with Crippen LogP contribution in [0.25, 0.3) is 11.0 Å². The van der Waals surface area contributed by atoms with E-state index in [4.69, 9.17) is 5.11 Å². The monoisotopic (exact) mass is 288 g/mol. The van der Waals surface area contributed by atoms with Crippen molar-refractivity contribution in [3.8, 4) is 0 Å². The number of carboxylic acids is 1. The highest BCUT2D eigenvalue weighted by Crippen LogP contribution is 2.14. The van der Waals surface area contributed by atoms with Crippen LogP contribution in [0.2, 0.25) is 0 Å². The predicted octanol–water partition coefficient (Wildman–Crippen LogP) is 2.63. The summed E-state index contributed by atoms with van der Waals surface area (Å²) in [6.07, 6.45) is 2.93. The van der Waals surface area contributed by atoms with Gasteiger partial charge in [0, 0.05) is 18.7 Å². The molecule has 0 saturated carbocycles. The Morgan fingerprint density at radius 2 is 1.81 bits per heavy atom. The first kappa shape index (κ1) is 15.1. The fraction of sp³-hybridized carbons (Fsp3) is 0.375. The molecule has 1 heterocycles. The van der Waals surface area contributed by atoms with E-state index in [1.807, 2.05) is 31.2 Å². The second-order valence-electron chi connectivity index (χ2n) is 4.92. The molecule has 0 atom stereocenters. The van der Waals surface area contributed by atoms with Gasteiger partial charge in [-0.15, -0.1) is 0 Å². The van der Waals surface area contributed by atoms with Crippen LogP contribution < -0.4 is 5.69 Å². The number of aryl methyl sites for hydroxylation is 1. The maximum Gasteiger partial charge on any atom is 0.331 e. The SMILES string of the molecule is CCCn1c(=O)n(CC=C(CC)C(=O)O)c2ccccc21. The first-order valence-corrected chi connectivity index (χ1v) is 7.20. The maximum atomic E-state index is 12.5. The summed E-state index contributed by atoms with van der Waals surface area (Å²) in [5, 5.41) is 9.06. The Morgan fingerprint density at radius 3 is 2.33 bits per heavy atom. The maximum absolute atomic E-state index is 12.5. The molecule has 112 valence electrons. The van der Waals surface area contributed by atoms with Crippen molar-refractivity contribution in [2.45, 2.75) is 39.8 Å². The molecule has 2 aromatic rings. The minimum Gasteiger partial charge on any atom is -0.478 e. The molecular weight excluding hydrogens is 268 g/mol. The molecule has 0 fully saturated rings. The van der Waals surface area contributed by atoms with E-state index in [1.165, 1.54) is 0 Å². The van der Waals surface area contributed by atoms with Crippen LogP contribution in [0.3, 0.4) is 0 Å². The van der Waals surface area contributed by atoms with E-state index in [9.17, 15) is 9.59 Å². The number of rotatable bonds is 6. The summed E-state index contributed by atoms with van der Waals surface area (Å²) in [5.41, 5.74) is 1.98. The molecule has 1 N–H and O–H groups in total. The molecule has 5 nitrogen and oxygen atoms in total. The lowest BCUT2D eigenvalue weighted by Crippen LogP contribution is -2.24. The Labute approximate surface area is 123 Å². The van der Waals surface area contributed by atoms with Crippen LogP contribution in [-0.2, 0) is 17.9 Å². The number of hydrogen-bond acceptors (Lipinski definition) is 2. The van der Waals surface area contributed by atoms with Crippen LogP contribution in [0, 0.1) is 0 Å². The third-order valence-electron chi connectivity index (χ3n) is 3.55. The molecule has 0 aliphatic carbocycles.